The topological polar surface area (TPSA) is 63.2 Å². The molecule has 1 aliphatic heterocycles. The van der Waals surface area contributed by atoms with E-state index in [4.69, 9.17) is 4.74 Å². The molecular weight excluding hydrogens is 316 g/mol. The van der Waals surface area contributed by atoms with Crippen molar-refractivity contribution in [3.8, 4) is 11.6 Å². The first-order chi connectivity index (χ1) is 11.6. The molecule has 24 heavy (non-hydrogen) atoms. The van der Waals surface area contributed by atoms with Crippen LogP contribution in [0.3, 0.4) is 0 Å². The van der Waals surface area contributed by atoms with E-state index < -0.39 is 12.2 Å². The number of nitrogens with zero attached hydrogens (tertiary/aromatic N) is 1. The Morgan fingerprint density at radius 1 is 1.38 bits per heavy atom. The molecule has 2 heterocycles. The van der Waals surface area contributed by atoms with Crippen molar-refractivity contribution in [3.05, 3.63) is 54.0 Å². The van der Waals surface area contributed by atoms with E-state index in [-0.39, 0.29) is 24.7 Å². The van der Waals surface area contributed by atoms with Gasteiger partial charge in [-0.25, -0.2) is 13.8 Å². The zero-order valence-electron chi connectivity index (χ0n) is 12.8. The monoisotopic (exact) mass is 333 g/mol. The number of alkyl halides is 1. The predicted octanol–water partition coefficient (Wildman–Crippen LogP) is 2.33. The molecule has 3 rings (SSSR count). The SMILES string of the molecule is O=C(NCc1ccc(Oc2cccc(F)c2)nc1)[C@H]1C[C@H](F)CN1. The van der Waals surface area contributed by atoms with E-state index in [1.165, 1.54) is 12.1 Å². The zero-order chi connectivity index (χ0) is 16.9. The van der Waals surface area contributed by atoms with E-state index in [0.717, 1.165) is 5.56 Å². The molecule has 1 amide bonds. The number of carbonyl (C=O) groups is 1. The molecule has 5 nitrogen and oxygen atoms in total. The highest BCUT2D eigenvalue weighted by molar-refractivity contribution is 5.82. The number of pyridine rings is 1. The zero-order valence-corrected chi connectivity index (χ0v) is 12.8. The Balaban J connectivity index is 1.52. The number of rotatable bonds is 5. The number of benzene rings is 1. The van der Waals surface area contributed by atoms with Gasteiger partial charge in [-0.05, 0) is 17.7 Å². The van der Waals surface area contributed by atoms with Gasteiger partial charge in [-0.3, -0.25) is 4.79 Å². The van der Waals surface area contributed by atoms with Gasteiger partial charge in [0.2, 0.25) is 11.8 Å². The van der Waals surface area contributed by atoms with Gasteiger partial charge in [0.15, 0.2) is 0 Å². The van der Waals surface area contributed by atoms with Crippen molar-refractivity contribution in [2.45, 2.75) is 25.2 Å². The predicted molar refractivity (Wildman–Crippen MR) is 83.9 cm³/mol. The number of ether oxygens (including phenoxy) is 1. The largest absolute Gasteiger partial charge is 0.439 e. The van der Waals surface area contributed by atoms with Crippen LogP contribution in [0, 0.1) is 5.82 Å². The Kier molecular flexibility index (Phi) is 5.00. The third-order valence-electron chi connectivity index (χ3n) is 3.68. The van der Waals surface area contributed by atoms with Crippen LogP contribution in [0.1, 0.15) is 12.0 Å². The summed E-state index contributed by atoms with van der Waals surface area (Å²) in [4.78, 5) is 16.0. The van der Waals surface area contributed by atoms with Crippen LogP contribution < -0.4 is 15.4 Å². The maximum absolute atomic E-state index is 13.1. The van der Waals surface area contributed by atoms with Gasteiger partial charge in [-0.1, -0.05) is 12.1 Å². The van der Waals surface area contributed by atoms with Gasteiger partial charge >= 0.3 is 0 Å². The lowest BCUT2D eigenvalue weighted by Crippen LogP contribution is -2.40. The van der Waals surface area contributed by atoms with Crippen LogP contribution in [0.25, 0.3) is 0 Å². The molecule has 0 spiro atoms. The van der Waals surface area contributed by atoms with Crippen molar-refractivity contribution in [2.75, 3.05) is 6.54 Å². The van der Waals surface area contributed by atoms with Crippen molar-refractivity contribution >= 4 is 5.91 Å². The van der Waals surface area contributed by atoms with E-state index in [2.05, 4.69) is 15.6 Å². The summed E-state index contributed by atoms with van der Waals surface area (Å²) < 4.78 is 31.6. The molecule has 0 bridgehead atoms. The maximum Gasteiger partial charge on any atom is 0.237 e. The summed E-state index contributed by atoms with van der Waals surface area (Å²) in [6.45, 7) is 0.507. The second kappa shape index (κ2) is 7.35. The molecular formula is C17H17F2N3O2. The molecule has 0 unspecified atom stereocenters. The summed E-state index contributed by atoms with van der Waals surface area (Å²) >= 11 is 0. The number of hydrogen-bond donors (Lipinski definition) is 2. The summed E-state index contributed by atoms with van der Waals surface area (Å²) in [5.74, 6) is 0.0724. The number of aromatic nitrogens is 1. The van der Waals surface area contributed by atoms with E-state index in [0.29, 0.717) is 18.2 Å². The van der Waals surface area contributed by atoms with Crippen molar-refractivity contribution in [1.29, 1.82) is 0 Å². The minimum Gasteiger partial charge on any atom is -0.439 e. The molecule has 1 saturated heterocycles. The van der Waals surface area contributed by atoms with Crippen molar-refractivity contribution in [1.82, 2.24) is 15.6 Å². The van der Waals surface area contributed by atoms with E-state index in [1.807, 2.05) is 0 Å². The smallest absolute Gasteiger partial charge is 0.237 e. The second-order valence-electron chi connectivity index (χ2n) is 5.58. The molecule has 126 valence electrons. The van der Waals surface area contributed by atoms with Gasteiger partial charge in [0.05, 0.1) is 6.04 Å². The number of amides is 1. The Morgan fingerprint density at radius 3 is 2.92 bits per heavy atom. The molecule has 2 atom stereocenters. The van der Waals surface area contributed by atoms with E-state index in [1.54, 1.807) is 30.5 Å². The van der Waals surface area contributed by atoms with Crippen LogP contribution in [-0.2, 0) is 11.3 Å². The van der Waals surface area contributed by atoms with Crippen molar-refractivity contribution < 1.29 is 18.3 Å². The molecule has 0 aliphatic carbocycles. The molecule has 7 heteroatoms. The summed E-state index contributed by atoms with van der Waals surface area (Å²) in [7, 11) is 0. The van der Waals surface area contributed by atoms with Crippen LogP contribution in [0.2, 0.25) is 0 Å². The molecule has 1 fully saturated rings. The third kappa shape index (κ3) is 4.26. The lowest BCUT2D eigenvalue weighted by Gasteiger charge is -2.11. The quantitative estimate of drug-likeness (QED) is 0.881. The van der Waals surface area contributed by atoms with Crippen molar-refractivity contribution in [3.63, 3.8) is 0 Å². The number of halogens is 2. The first-order valence-corrected chi connectivity index (χ1v) is 7.63. The van der Waals surface area contributed by atoms with Gasteiger partial charge in [0, 0.05) is 37.8 Å². The molecule has 0 saturated carbocycles. The first kappa shape index (κ1) is 16.3. The molecule has 1 aliphatic rings. The molecule has 1 aromatic carbocycles. The van der Waals surface area contributed by atoms with Crippen LogP contribution in [0.4, 0.5) is 8.78 Å². The average Bonchev–Trinajstić information content (AvgIpc) is 3.01. The highest BCUT2D eigenvalue weighted by Gasteiger charge is 2.28. The summed E-state index contributed by atoms with van der Waals surface area (Å²) in [6.07, 6.45) is 0.793. The summed E-state index contributed by atoms with van der Waals surface area (Å²) in [6, 6.07) is 8.68. The summed E-state index contributed by atoms with van der Waals surface area (Å²) in [5.41, 5.74) is 0.782. The normalized spacial score (nSPS) is 19.9. The highest BCUT2D eigenvalue weighted by atomic mass is 19.1. The van der Waals surface area contributed by atoms with Gasteiger partial charge in [0.25, 0.3) is 0 Å². The number of hydrogen-bond acceptors (Lipinski definition) is 4. The van der Waals surface area contributed by atoms with Crippen LogP contribution in [-0.4, -0.2) is 29.6 Å². The Hall–Kier alpha value is -2.54. The van der Waals surface area contributed by atoms with Crippen LogP contribution in [0.5, 0.6) is 11.6 Å². The van der Waals surface area contributed by atoms with Gasteiger partial charge in [-0.2, -0.15) is 0 Å². The van der Waals surface area contributed by atoms with Crippen molar-refractivity contribution in [2.24, 2.45) is 0 Å². The third-order valence-corrected chi connectivity index (χ3v) is 3.68. The lowest BCUT2D eigenvalue weighted by molar-refractivity contribution is -0.123. The lowest BCUT2D eigenvalue weighted by atomic mass is 10.2. The fourth-order valence-corrected chi connectivity index (χ4v) is 2.43. The Morgan fingerprint density at radius 2 is 2.25 bits per heavy atom. The fraction of sp³-hybridized carbons (Fsp3) is 0.294. The van der Waals surface area contributed by atoms with E-state index in [9.17, 15) is 13.6 Å². The maximum atomic E-state index is 13.1. The second-order valence-corrected chi connectivity index (χ2v) is 5.58. The number of carbonyl (C=O) groups excluding carboxylic acids is 1. The highest BCUT2D eigenvalue weighted by Crippen LogP contribution is 2.20. The van der Waals surface area contributed by atoms with E-state index >= 15 is 0 Å². The molecule has 1 aromatic heterocycles. The average molecular weight is 333 g/mol. The molecule has 2 aromatic rings. The Labute approximate surface area is 138 Å². The van der Waals surface area contributed by atoms with Gasteiger partial charge < -0.3 is 15.4 Å². The molecule has 2 N–H and O–H groups in total. The van der Waals surface area contributed by atoms with Crippen LogP contribution >= 0.6 is 0 Å². The minimum absolute atomic E-state index is 0.199. The van der Waals surface area contributed by atoms with Gasteiger partial charge in [-0.15, -0.1) is 0 Å². The summed E-state index contributed by atoms with van der Waals surface area (Å²) in [5, 5.41) is 5.57. The fourth-order valence-electron chi connectivity index (χ4n) is 2.43. The number of nitrogens with one attached hydrogen (secondary N) is 2. The first-order valence-electron chi connectivity index (χ1n) is 7.63. The minimum atomic E-state index is -0.971. The molecule has 0 radical (unpaired) electrons. The van der Waals surface area contributed by atoms with Gasteiger partial charge in [0.1, 0.15) is 17.7 Å². The standard InChI is InChI=1S/C17H17F2N3O2/c18-12-2-1-3-14(6-12)24-16-5-4-11(8-21-16)9-22-17(23)15-7-13(19)10-20-15/h1-6,8,13,15,20H,7,9-10H2,(H,22,23)/t13-,15+/m0/s1. The Bertz CT molecular complexity index is 709. The van der Waals surface area contributed by atoms with Crippen LogP contribution in [0.15, 0.2) is 42.6 Å².